The molecule has 5 nitrogen and oxygen atoms in total. The number of amides is 3. The van der Waals surface area contributed by atoms with Gasteiger partial charge in [0.15, 0.2) is 0 Å². The molecule has 2 aromatic rings. The highest BCUT2D eigenvalue weighted by atomic mass is 16.2. The fourth-order valence-corrected chi connectivity index (χ4v) is 4.66. The molecule has 0 spiro atoms. The molecule has 30 heavy (non-hydrogen) atoms. The molecule has 2 fully saturated rings. The highest BCUT2D eigenvalue weighted by molar-refractivity contribution is 6.05. The minimum absolute atomic E-state index is 0.0814. The molecule has 1 saturated heterocycles. The molecule has 2 aliphatic rings. The summed E-state index contributed by atoms with van der Waals surface area (Å²) in [6, 6.07) is 18.1. The summed E-state index contributed by atoms with van der Waals surface area (Å²) in [6.07, 6.45) is 3.76. The van der Waals surface area contributed by atoms with Crippen molar-refractivity contribution in [2.75, 3.05) is 6.54 Å². The number of likely N-dealkylation sites (tertiary alicyclic amines) is 1. The van der Waals surface area contributed by atoms with Crippen LogP contribution < -0.4 is 5.32 Å². The predicted molar refractivity (Wildman–Crippen MR) is 115 cm³/mol. The molecule has 4 rings (SSSR count). The molecule has 1 aliphatic heterocycles. The van der Waals surface area contributed by atoms with Crippen LogP contribution in [0.5, 0.6) is 0 Å². The van der Waals surface area contributed by atoms with Crippen LogP contribution in [0.2, 0.25) is 0 Å². The van der Waals surface area contributed by atoms with Crippen molar-refractivity contribution in [1.82, 2.24) is 10.2 Å². The van der Waals surface area contributed by atoms with Crippen molar-refractivity contribution in [3.8, 4) is 11.1 Å². The summed E-state index contributed by atoms with van der Waals surface area (Å²) in [5.74, 6) is -0.623. The van der Waals surface area contributed by atoms with E-state index >= 15 is 0 Å². The van der Waals surface area contributed by atoms with E-state index in [-0.39, 0.29) is 48.6 Å². The first kappa shape index (κ1) is 20.3. The SMILES string of the molecule is C[C@H](NC(=O)CCN1C(=O)[C@H]2CCCC[C@H]2C1=O)c1ccc(-c2ccccc2)cc1. The van der Waals surface area contributed by atoms with Crippen LogP contribution in [0.25, 0.3) is 11.1 Å². The van der Waals surface area contributed by atoms with E-state index < -0.39 is 0 Å². The van der Waals surface area contributed by atoms with Gasteiger partial charge in [-0.3, -0.25) is 19.3 Å². The van der Waals surface area contributed by atoms with Crippen molar-refractivity contribution in [3.63, 3.8) is 0 Å². The van der Waals surface area contributed by atoms with E-state index in [4.69, 9.17) is 0 Å². The lowest BCUT2D eigenvalue weighted by molar-refractivity contribution is -0.140. The number of fused-ring (bicyclic) bond motifs is 1. The summed E-state index contributed by atoms with van der Waals surface area (Å²) in [5, 5.41) is 2.98. The molecular weight excluding hydrogens is 376 g/mol. The van der Waals surface area contributed by atoms with E-state index in [1.165, 1.54) is 4.90 Å². The Morgan fingerprint density at radius 3 is 2.10 bits per heavy atom. The van der Waals surface area contributed by atoms with Gasteiger partial charge >= 0.3 is 0 Å². The molecule has 2 aromatic carbocycles. The highest BCUT2D eigenvalue weighted by Gasteiger charge is 2.47. The molecule has 156 valence electrons. The molecule has 0 aromatic heterocycles. The molecular formula is C25H28N2O3. The number of nitrogens with one attached hydrogen (secondary N) is 1. The molecule has 0 unspecified atom stereocenters. The molecule has 0 bridgehead atoms. The third-order valence-electron chi connectivity index (χ3n) is 6.39. The van der Waals surface area contributed by atoms with Crippen LogP contribution in [0.3, 0.4) is 0 Å². The number of rotatable bonds is 6. The Labute approximate surface area is 177 Å². The van der Waals surface area contributed by atoms with Gasteiger partial charge in [0.2, 0.25) is 17.7 Å². The van der Waals surface area contributed by atoms with Crippen molar-refractivity contribution >= 4 is 17.7 Å². The van der Waals surface area contributed by atoms with Gasteiger partial charge in [-0.2, -0.15) is 0 Å². The zero-order chi connectivity index (χ0) is 21.1. The van der Waals surface area contributed by atoms with Gasteiger partial charge in [0.1, 0.15) is 0 Å². The van der Waals surface area contributed by atoms with Crippen LogP contribution in [0, 0.1) is 11.8 Å². The van der Waals surface area contributed by atoms with Crippen molar-refractivity contribution in [2.24, 2.45) is 11.8 Å². The fourth-order valence-electron chi connectivity index (χ4n) is 4.66. The Morgan fingerprint density at radius 2 is 1.50 bits per heavy atom. The number of hydrogen-bond acceptors (Lipinski definition) is 3. The van der Waals surface area contributed by atoms with Crippen molar-refractivity contribution in [1.29, 1.82) is 0 Å². The summed E-state index contributed by atoms with van der Waals surface area (Å²) in [4.78, 5) is 38.8. The quantitative estimate of drug-likeness (QED) is 0.737. The van der Waals surface area contributed by atoms with Crippen LogP contribution in [0.15, 0.2) is 54.6 Å². The first-order valence-corrected chi connectivity index (χ1v) is 10.8. The van der Waals surface area contributed by atoms with Crippen LogP contribution in [-0.2, 0) is 14.4 Å². The Hall–Kier alpha value is -2.95. The molecule has 1 N–H and O–H groups in total. The third-order valence-corrected chi connectivity index (χ3v) is 6.39. The van der Waals surface area contributed by atoms with Gasteiger partial charge in [0.05, 0.1) is 17.9 Å². The second-order valence-corrected chi connectivity index (χ2v) is 8.35. The molecule has 3 atom stereocenters. The Kier molecular flexibility index (Phi) is 5.98. The molecule has 5 heteroatoms. The summed E-state index contributed by atoms with van der Waals surface area (Å²) in [7, 11) is 0. The summed E-state index contributed by atoms with van der Waals surface area (Å²) in [5.41, 5.74) is 3.30. The van der Waals surface area contributed by atoms with E-state index in [9.17, 15) is 14.4 Å². The van der Waals surface area contributed by atoms with Crippen molar-refractivity contribution < 1.29 is 14.4 Å². The van der Waals surface area contributed by atoms with Crippen LogP contribution >= 0.6 is 0 Å². The number of benzene rings is 2. The van der Waals surface area contributed by atoms with Crippen LogP contribution in [0.4, 0.5) is 0 Å². The second-order valence-electron chi connectivity index (χ2n) is 8.35. The topological polar surface area (TPSA) is 66.5 Å². The summed E-state index contributed by atoms with van der Waals surface area (Å²) in [6.45, 7) is 2.12. The van der Waals surface area contributed by atoms with Crippen molar-refractivity contribution in [2.45, 2.75) is 45.1 Å². The van der Waals surface area contributed by atoms with Gasteiger partial charge in [-0.05, 0) is 36.5 Å². The number of imide groups is 1. The van der Waals surface area contributed by atoms with Crippen molar-refractivity contribution in [3.05, 3.63) is 60.2 Å². The molecule has 1 heterocycles. The highest BCUT2D eigenvalue weighted by Crippen LogP contribution is 2.38. The lowest BCUT2D eigenvalue weighted by atomic mass is 9.81. The zero-order valence-corrected chi connectivity index (χ0v) is 17.3. The average Bonchev–Trinajstić information content (AvgIpc) is 3.03. The van der Waals surface area contributed by atoms with Gasteiger partial charge in [-0.25, -0.2) is 0 Å². The molecule has 3 amide bonds. The normalized spacial score (nSPS) is 22.0. The molecule has 1 saturated carbocycles. The Morgan fingerprint density at radius 1 is 0.933 bits per heavy atom. The zero-order valence-electron chi connectivity index (χ0n) is 17.3. The average molecular weight is 405 g/mol. The van der Waals surface area contributed by atoms with E-state index in [2.05, 4.69) is 29.6 Å². The van der Waals surface area contributed by atoms with E-state index in [0.717, 1.165) is 42.4 Å². The standard InChI is InChI=1S/C25H28N2O3/c1-17(18-11-13-20(14-12-18)19-7-3-2-4-8-19)26-23(28)15-16-27-24(29)21-9-5-6-10-22(21)25(27)30/h2-4,7-8,11-14,17,21-22H,5-6,9-10,15-16H2,1H3,(H,26,28)/t17-,21-,22+/m0/s1. The largest absolute Gasteiger partial charge is 0.350 e. The summed E-state index contributed by atoms with van der Waals surface area (Å²) < 4.78 is 0. The first-order chi connectivity index (χ1) is 14.5. The molecule has 0 radical (unpaired) electrons. The fraction of sp³-hybridized carbons (Fsp3) is 0.400. The Bertz CT molecular complexity index is 899. The van der Waals surface area contributed by atoms with E-state index in [1.54, 1.807) is 0 Å². The maximum absolute atomic E-state index is 12.5. The lowest BCUT2D eigenvalue weighted by Crippen LogP contribution is -2.36. The minimum Gasteiger partial charge on any atom is -0.350 e. The number of carbonyl (C=O) groups is 3. The number of nitrogens with zero attached hydrogens (tertiary/aromatic N) is 1. The summed E-state index contributed by atoms with van der Waals surface area (Å²) >= 11 is 0. The molecule has 1 aliphatic carbocycles. The first-order valence-electron chi connectivity index (χ1n) is 10.8. The van der Waals surface area contributed by atoms with Gasteiger partial charge in [-0.1, -0.05) is 67.4 Å². The monoisotopic (exact) mass is 404 g/mol. The maximum atomic E-state index is 12.5. The minimum atomic E-state index is -0.156. The lowest BCUT2D eigenvalue weighted by Gasteiger charge is -2.19. The third kappa shape index (κ3) is 4.16. The number of hydrogen-bond donors (Lipinski definition) is 1. The predicted octanol–water partition coefficient (Wildman–Crippen LogP) is 4.10. The van der Waals surface area contributed by atoms with E-state index in [1.807, 2.05) is 37.3 Å². The maximum Gasteiger partial charge on any atom is 0.233 e. The van der Waals surface area contributed by atoms with Crippen LogP contribution in [-0.4, -0.2) is 29.2 Å². The van der Waals surface area contributed by atoms with Crippen LogP contribution in [0.1, 0.15) is 50.6 Å². The van der Waals surface area contributed by atoms with Gasteiger partial charge in [0, 0.05) is 13.0 Å². The smallest absolute Gasteiger partial charge is 0.233 e. The van der Waals surface area contributed by atoms with Gasteiger partial charge in [-0.15, -0.1) is 0 Å². The van der Waals surface area contributed by atoms with E-state index in [0.29, 0.717) is 0 Å². The Balaban J connectivity index is 1.31. The number of carbonyl (C=O) groups excluding carboxylic acids is 3. The van der Waals surface area contributed by atoms with Gasteiger partial charge in [0.25, 0.3) is 0 Å². The van der Waals surface area contributed by atoms with Gasteiger partial charge < -0.3 is 5.32 Å². The second kappa shape index (κ2) is 8.82.